The van der Waals surface area contributed by atoms with E-state index in [1.165, 1.54) is 10.9 Å². The summed E-state index contributed by atoms with van der Waals surface area (Å²) in [6, 6.07) is 8.43. The maximum Gasteiger partial charge on any atom is 0.129 e. The van der Waals surface area contributed by atoms with Crippen LogP contribution in [0.1, 0.15) is 12.8 Å². The van der Waals surface area contributed by atoms with Gasteiger partial charge in [-0.2, -0.15) is 0 Å². The molecule has 1 fully saturated rings. The van der Waals surface area contributed by atoms with Gasteiger partial charge in [-0.05, 0) is 31.0 Å². The van der Waals surface area contributed by atoms with Gasteiger partial charge in [0.05, 0.1) is 12.1 Å². The van der Waals surface area contributed by atoms with Gasteiger partial charge < -0.3 is 18.9 Å². The van der Waals surface area contributed by atoms with Gasteiger partial charge in [0, 0.05) is 45.4 Å². The van der Waals surface area contributed by atoms with Crippen molar-refractivity contribution >= 4 is 10.9 Å². The van der Waals surface area contributed by atoms with Crippen LogP contribution in [-0.4, -0.2) is 48.9 Å². The summed E-state index contributed by atoms with van der Waals surface area (Å²) in [5.41, 5.74) is 1.23. The van der Waals surface area contributed by atoms with Crippen LogP contribution in [0, 0.1) is 0 Å². The molecule has 0 amide bonds. The summed E-state index contributed by atoms with van der Waals surface area (Å²) < 4.78 is 13.5. The van der Waals surface area contributed by atoms with Crippen LogP contribution in [0.2, 0.25) is 0 Å². The zero-order valence-electron chi connectivity index (χ0n) is 12.9. The van der Waals surface area contributed by atoms with Gasteiger partial charge >= 0.3 is 0 Å². The SMILES string of the molecule is COCCN1CCC(Oc2cccc3c2ccn3C)CC1. The highest BCUT2D eigenvalue weighted by Crippen LogP contribution is 2.28. The fourth-order valence-electron chi connectivity index (χ4n) is 3.03. The quantitative estimate of drug-likeness (QED) is 0.846. The Balaban J connectivity index is 1.62. The molecule has 1 aromatic carbocycles. The normalized spacial score (nSPS) is 17.4. The van der Waals surface area contributed by atoms with Crippen LogP contribution < -0.4 is 4.74 Å². The molecule has 0 spiro atoms. The fraction of sp³-hybridized carbons (Fsp3) is 0.529. The average Bonchev–Trinajstić information content (AvgIpc) is 2.89. The largest absolute Gasteiger partial charge is 0.490 e. The number of piperidine rings is 1. The molecule has 0 saturated carbocycles. The average molecular weight is 288 g/mol. The summed E-state index contributed by atoms with van der Waals surface area (Å²) in [6.45, 7) is 4.03. The number of ether oxygens (including phenoxy) is 2. The lowest BCUT2D eigenvalue weighted by Crippen LogP contribution is -2.39. The third-order valence-electron chi connectivity index (χ3n) is 4.33. The number of aromatic nitrogens is 1. The van der Waals surface area contributed by atoms with Crippen LogP contribution in [0.5, 0.6) is 5.75 Å². The minimum atomic E-state index is 0.328. The van der Waals surface area contributed by atoms with Gasteiger partial charge in [-0.3, -0.25) is 0 Å². The maximum absolute atomic E-state index is 6.26. The summed E-state index contributed by atoms with van der Waals surface area (Å²) in [5.74, 6) is 1.02. The number of likely N-dealkylation sites (tertiary alicyclic amines) is 1. The molecule has 2 aromatic rings. The lowest BCUT2D eigenvalue weighted by molar-refractivity contribution is 0.0805. The summed E-state index contributed by atoms with van der Waals surface area (Å²) >= 11 is 0. The van der Waals surface area contributed by atoms with E-state index in [1.54, 1.807) is 7.11 Å². The molecule has 4 nitrogen and oxygen atoms in total. The van der Waals surface area contributed by atoms with Crippen molar-refractivity contribution in [2.75, 3.05) is 33.4 Å². The van der Waals surface area contributed by atoms with Crippen molar-refractivity contribution in [3.63, 3.8) is 0 Å². The summed E-state index contributed by atoms with van der Waals surface area (Å²) in [7, 11) is 3.83. The molecular weight excluding hydrogens is 264 g/mol. The Bertz CT molecular complexity index is 585. The number of methoxy groups -OCH3 is 1. The van der Waals surface area contributed by atoms with Crippen LogP contribution in [0.15, 0.2) is 30.5 Å². The molecule has 0 N–H and O–H groups in total. The second kappa shape index (κ2) is 6.50. The number of rotatable bonds is 5. The summed E-state index contributed by atoms with van der Waals surface area (Å²) in [6.07, 6.45) is 4.60. The molecule has 4 heteroatoms. The number of nitrogens with zero attached hydrogens (tertiary/aromatic N) is 2. The molecule has 0 unspecified atom stereocenters. The van der Waals surface area contributed by atoms with E-state index in [1.807, 2.05) is 0 Å². The molecule has 0 aliphatic carbocycles. The highest BCUT2D eigenvalue weighted by atomic mass is 16.5. The third-order valence-corrected chi connectivity index (χ3v) is 4.33. The molecule has 21 heavy (non-hydrogen) atoms. The van der Waals surface area contributed by atoms with Crippen LogP contribution >= 0.6 is 0 Å². The van der Waals surface area contributed by atoms with E-state index in [0.29, 0.717) is 6.10 Å². The van der Waals surface area contributed by atoms with E-state index < -0.39 is 0 Å². The van der Waals surface area contributed by atoms with Gasteiger partial charge in [-0.15, -0.1) is 0 Å². The minimum Gasteiger partial charge on any atom is -0.490 e. The first-order chi connectivity index (χ1) is 10.3. The van der Waals surface area contributed by atoms with Gasteiger partial charge in [0.25, 0.3) is 0 Å². The zero-order chi connectivity index (χ0) is 14.7. The van der Waals surface area contributed by atoms with Crippen LogP contribution in [0.3, 0.4) is 0 Å². The van der Waals surface area contributed by atoms with E-state index in [9.17, 15) is 0 Å². The Morgan fingerprint density at radius 3 is 2.76 bits per heavy atom. The lowest BCUT2D eigenvalue weighted by Gasteiger charge is -2.32. The van der Waals surface area contributed by atoms with Crippen molar-refractivity contribution in [2.24, 2.45) is 7.05 Å². The predicted molar refractivity (Wildman–Crippen MR) is 84.9 cm³/mol. The molecule has 1 aliphatic rings. The molecular formula is C17H24N2O2. The molecule has 114 valence electrons. The van der Waals surface area contributed by atoms with Crippen LogP contribution in [0.25, 0.3) is 10.9 Å². The predicted octanol–water partition coefficient (Wildman–Crippen LogP) is 2.67. The monoisotopic (exact) mass is 288 g/mol. The molecule has 0 radical (unpaired) electrons. The zero-order valence-corrected chi connectivity index (χ0v) is 12.9. The Kier molecular flexibility index (Phi) is 4.46. The van der Waals surface area contributed by atoms with Gasteiger partial charge in [0.2, 0.25) is 0 Å². The van der Waals surface area contributed by atoms with Crippen molar-refractivity contribution in [3.05, 3.63) is 30.5 Å². The van der Waals surface area contributed by atoms with Gasteiger partial charge in [-0.25, -0.2) is 0 Å². The molecule has 1 aliphatic heterocycles. The Morgan fingerprint density at radius 1 is 1.19 bits per heavy atom. The van der Waals surface area contributed by atoms with Crippen LogP contribution in [0.4, 0.5) is 0 Å². The second-order valence-corrected chi connectivity index (χ2v) is 5.77. The standard InChI is InChI=1S/C17H24N2O2/c1-18-9-8-15-16(18)4-3-5-17(15)21-14-6-10-19(11-7-14)12-13-20-2/h3-5,8-9,14H,6-7,10-13H2,1-2H3. The topological polar surface area (TPSA) is 26.6 Å². The van der Waals surface area contributed by atoms with E-state index in [0.717, 1.165) is 44.8 Å². The first-order valence-electron chi connectivity index (χ1n) is 7.70. The van der Waals surface area contributed by atoms with E-state index in [-0.39, 0.29) is 0 Å². The van der Waals surface area contributed by atoms with Gasteiger partial charge in [0.1, 0.15) is 11.9 Å². The van der Waals surface area contributed by atoms with Crippen molar-refractivity contribution in [2.45, 2.75) is 18.9 Å². The first-order valence-corrected chi connectivity index (χ1v) is 7.70. The second-order valence-electron chi connectivity index (χ2n) is 5.77. The van der Waals surface area contributed by atoms with E-state index in [4.69, 9.17) is 9.47 Å². The van der Waals surface area contributed by atoms with Crippen molar-refractivity contribution in [1.29, 1.82) is 0 Å². The number of aryl methyl sites for hydroxylation is 1. The molecule has 0 atom stereocenters. The Hall–Kier alpha value is -1.52. The Labute approximate surface area is 126 Å². The third kappa shape index (κ3) is 3.22. The highest BCUT2D eigenvalue weighted by molar-refractivity contribution is 5.86. The van der Waals surface area contributed by atoms with Crippen molar-refractivity contribution in [1.82, 2.24) is 9.47 Å². The van der Waals surface area contributed by atoms with Crippen molar-refractivity contribution in [3.8, 4) is 5.75 Å². The molecule has 0 bridgehead atoms. The first kappa shape index (κ1) is 14.4. The highest BCUT2D eigenvalue weighted by Gasteiger charge is 2.20. The Morgan fingerprint density at radius 2 is 2.00 bits per heavy atom. The maximum atomic E-state index is 6.26. The van der Waals surface area contributed by atoms with E-state index >= 15 is 0 Å². The summed E-state index contributed by atoms with van der Waals surface area (Å²) in [4.78, 5) is 2.45. The van der Waals surface area contributed by atoms with Gasteiger partial charge in [0.15, 0.2) is 0 Å². The van der Waals surface area contributed by atoms with Crippen molar-refractivity contribution < 1.29 is 9.47 Å². The number of hydrogen-bond donors (Lipinski definition) is 0. The fourth-order valence-corrected chi connectivity index (χ4v) is 3.03. The number of benzene rings is 1. The van der Waals surface area contributed by atoms with Crippen LogP contribution in [-0.2, 0) is 11.8 Å². The number of hydrogen-bond acceptors (Lipinski definition) is 3. The van der Waals surface area contributed by atoms with E-state index in [2.05, 4.69) is 47.0 Å². The summed E-state index contributed by atoms with van der Waals surface area (Å²) in [5, 5.41) is 1.21. The molecule has 2 heterocycles. The minimum absolute atomic E-state index is 0.328. The molecule has 1 saturated heterocycles. The molecule has 3 rings (SSSR count). The van der Waals surface area contributed by atoms with Gasteiger partial charge in [-0.1, -0.05) is 6.07 Å². The number of fused-ring (bicyclic) bond motifs is 1. The lowest BCUT2D eigenvalue weighted by atomic mass is 10.1. The smallest absolute Gasteiger partial charge is 0.129 e. The molecule has 1 aromatic heterocycles.